The topological polar surface area (TPSA) is 38.8 Å². The number of ether oxygens (including phenoxy) is 2. The summed E-state index contributed by atoms with van der Waals surface area (Å²) >= 11 is 5.97. The van der Waals surface area contributed by atoms with Gasteiger partial charge in [0, 0.05) is 11.9 Å². The van der Waals surface area contributed by atoms with Crippen LogP contribution in [0, 0.1) is 0 Å². The molecule has 7 heteroatoms. The Labute approximate surface area is 158 Å². The van der Waals surface area contributed by atoms with Crippen molar-refractivity contribution in [2.45, 2.75) is 57.6 Å². The minimum absolute atomic E-state index is 0.0295. The molecule has 1 aromatic rings. The van der Waals surface area contributed by atoms with Gasteiger partial charge in [-0.3, -0.25) is 4.90 Å². The van der Waals surface area contributed by atoms with Crippen molar-refractivity contribution in [3.8, 4) is 5.75 Å². The lowest BCUT2D eigenvalue weighted by molar-refractivity contribution is 0.0353. The highest BCUT2D eigenvalue weighted by atomic mass is 35.5. The quantitative estimate of drug-likeness (QED) is 0.461. The summed E-state index contributed by atoms with van der Waals surface area (Å²) < 4.78 is 36.8. The van der Waals surface area contributed by atoms with Crippen LogP contribution >= 0.6 is 11.6 Å². The van der Waals surface area contributed by atoms with E-state index in [1.54, 1.807) is 30.0 Å². The smallest absolute Gasteiger partial charge is 0.338 e. The summed E-state index contributed by atoms with van der Waals surface area (Å²) in [5.74, 6) is 0.340. The molecule has 0 N–H and O–H groups in total. The van der Waals surface area contributed by atoms with E-state index in [1.165, 1.54) is 0 Å². The van der Waals surface area contributed by atoms with Crippen molar-refractivity contribution in [2.75, 3.05) is 19.7 Å². The zero-order valence-electron chi connectivity index (χ0n) is 15.2. The highest BCUT2D eigenvalue weighted by molar-refractivity contribution is 6.17. The third-order valence-electron chi connectivity index (χ3n) is 4.67. The summed E-state index contributed by atoms with van der Waals surface area (Å²) in [6.45, 7) is 4.24. The van der Waals surface area contributed by atoms with E-state index in [1.807, 2.05) is 6.92 Å². The first-order valence-corrected chi connectivity index (χ1v) is 9.58. The van der Waals surface area contributed by atoms with Crippen LogP contribution in [0.15, 0.2) is 18.2 Å². The number of rotatable bonds is 9. The van der Waals surface area contributed by atoms with E-state index in [0.29, 0.717) is 30.0 Å². The molecular weight excluding hydrogens is 364 g/mol. The lowest BCUT2D eigenvalue weighted by Gasteiger charge is -2.32. The fraction of sp³-hybridized carbons (Fsp3) is 0.632. The number of esters is 1. The number of nitrogens with zero attached hydrogens (tertiary/aromatic N) is 1. The highest BCUT2D eigenvalue weighted by Gasteiger charge is 2.34. The molecule has 4 nitrogen and oxygen atoms in total. The van der Waals surface area contributed by atoms with Gasteiger partial charge >= 0.3 is 5.97 Å². The number of alkyl halides is 3. The first kappa shape index (κ1) is 20.9. The molecular formula is C19H26ClF2NO3. The molecule has 1 fully saturated rings. The zero-order chi connectivity index (χ0) is 19.1. The maximum absolute atomic E-state index is 12.8. The second-order valence-corrected chi connectivity index (χ2v) is 6.57. The van der Waals surface area contributed by atoms with Crippen LogP contribution in [0.2, 0.25) is 0 Å². The van der Waals surface area contributed by atoms with Gasteiger partial charge in [0.05, 0.1) is 18.7 Å². The fourth-order valence-electron chi connectivity index (χ4n) is 3.47. The van der Waals surface area contributed by atoms with E-state index >= 15 is 0 Å². The fourth-order valence-corrected chi connectivity index (χ4v) is 3.70. The summed E-state index contributed by atoms with van der Waals surface area (Å²) in [6.07, 6.45) is 0.0980. The molecule has 1 aromatic carbocycles. The van der Waals surface area contributed by atoms with Crippen molar-refractivity contribution < 1.29 is 23.0 Å². The van der Waals surface area contributed by atoms with E-state index in [4.69, 9.17) is 21.1 Å². The first-order chi connectivity index (χ1) is 12.5. The van der Waals surface area contributed by atoms with Gasteiger partial charge in [-0.15, -0.1) is 11.6 Å². The van der Waals surface area contributed by atoms with E-state index in [9.17, 15) is 13.6 Å². The summed E-state index contributed by atoms with van der Waals surface area (Å²) in [6, 6.07) is 5.06. The Hall–Kier alpha value is -1.40. The third-order valence-corrected chi connectivity index (χ3v) is 4.96. The predicted molar refractivity (Wildman–Crippen MR) is 97.3 cm³/mol. The molecule has 1 aliphatic rings. The SMILES string of the molecule is CCOC(=O)c1ccc(O[C@H]2CCC[C@@H]2N(CC)CC(F)F)cc1CCl. The summed E-state index contributed by atoms with van der Waals surface area (Å²) in [5.41, 5.74) is 1.06. The lowest BCUT2D eigenvalue weighted by atomic mass is 10.1. The van der Waals surface area contributed by atoms with Crippen LogP contribution < -0.4 is 4.74 Å². The van der Waals surface area contributed by atoms with Crippen LogP contribution in [0.5, 0.6) is 5.75 Å². The summed E-state index contributed by atoms with van der Waals surface area (Å²) in [5, 5.41) is 0. The van der Waals surface area contributed by atoms with Crippen LogP contribution in [0.1, 0.15) is 49.0 Å². The Bertz CT molecular complexity index is 600. The van der Waals surface area contributed by atoms with Gasteiger partial charge in [0.15, 0.2) is 0 Å². The van der Waals surface area contributed by atoms with Gasteiger partial charge < -0.3 is 9.47 Å². The maximum atomic E-state index is 12.8. The monoisotopic (exact) mass is 389 g/mol. The van der Waals surface area contributed by atoms with Crippen molar-refractivity contribution in [1.82, 2.24) is 4.90 Å². The third kappa shape index (κ3) is 5.30. The van der Waals surface area contributed by atoms with Crippen molar-refractivity contribution in [3.63, 3.8) is 0 Å². The molecule has 0 radical (unpaired) electrons. The van der Waals surface area contributed by atoms with Gasteiger partial charge in [0.25, 0.3) is 6.43 Å². The van der Waals surface area contributed by atoms with Gasteiger partial charge in [-0.25, -0.2) is 13.6 Å². The van der Waals surface area contributed by atoms with Crippen molar-refractivity contribution in [1.29, 1.82) is 0 Å². The minimum atomic E-state index is -2.36. The van der Waals surface area contributed by atoms with Crippen LogP contribution in [0.3, 0.4) is 0 Å². The van der Waals surface area contributed by atoms with Gasteiger partial charge in [-0.1, -0.05) is 6.92 Å². The molecule has 0 unspecified atom stereocenters. The van der Waals surface area contributed by atoms with Gasteiger partial charge in [-0.05, 0) is 56.5 Å². The molecule has 0 heterocycles. The average Bonchev–Trinajstić information content (AvgIpc) is 3.07. The number of hydrogen-bond acceptors (Lipinski definition) is 4. The molecule has 0 spiro atoms. The molecule has 0 aromatic heterocycles. The Morgan fingerprint density at radius 3 is 2.73 bits per heavy atom. The summed E-state index contributed by atoms with van der Waals surface area (Å²) in [4.78, 5) is 13.8. The normalized spacial score (nSPS) is 20.0. The minimum Gasteiger partial charge on any atom is -0.489 e. The Morgan fingerprint density at radius 2 is 2.12 bits per heavy atom. The van der Waals surface area contributed by atoms with E-state index in [0.717, 1.165) is 19.3 Å². The Balaban J connectivity index is 2.12. The van der Waals surface area contributed by atoms with Crippen LogP contribution in [-0.4, -0.2) is 49.1 Å². The van der Waals surface area contributed by atoms with Gasteiger partial charge in [0.2, 0.25) is 0 Å². The molecule has 2 atom stereocenters. The molecule has 0 amide bonds. The number of carbonyl (C=O) groups excluding carboxylic acids is 1. The Morgan fingerprint density at radius 1 is 1.35 bits per heavy atom. The van der Waals surface area contributed by atoms with Gasteiger partial charge in [-0.2, -0.15) is 0 Å². The molecule has 0 aliphatic heterocycles. The lowest BCUT2D eigenvalue weighted by Crippen LogP contribution is -2.44. The van der Waals surface area contributed by atoms with Crippen molar-refractivity contribution in [2.24, 2.45) is 0 Å². The molecule has 0 saturated heterocycles. The molecule has 146 valence electrons. The Kier molecular flexibility index (Phi) is 8.10. The van der Waals surface area contributed by atoms with Crippen LogP contribution in [0.4, 0.5) is 8.78 Å². The largest absolute Gasteiger partial charge is 0.489 e. The second kappa shape index (κ2) is 10.1. The standard InChI is InChI=1S/C19H26ClF2NO3/c1-3-23(12-18(21)22)16-6-5-7-17(16)26-14-8-9-15(13(10-14)11-20)19(24)25-4-2/h8-10,16-18H,3-7,11-12H2,1-2H3/t16-,17-/m0/s1. The second-order valence-electron chi connectivity index (χ2n) is 6.31. The van der Waals surface area contributed by atoms with E-state index in [-0.39, 0.29) is 24.6 Å². The number of benzene rings is 1. The summed E-state index contributed by atoms with van der Waals surface area (Å²) in [7, 11) is 0. The van der Waals surface area contributed by atoms with Crippen LogP contribution in [-0.2, 0) is 10.6 Å². The van der Waals surface area contributed by atoms with Gasteiger partial charge in [0.1, 0.15) is 11.9 Å². The molecule has 26 heavy (non-hydrogen) atoms. The van der Waals surface area contributed by atoms with E-state index < -0.39 is 12.4 Å². The number of carbonyl (C=O) groups is 1. The molecule has 0 bridgehead atoms. The number of halogens is 3. The van der Waals surface area contributed by atoms with E-state index in [2.05, 4.69) is 0 Å². The van der Waals surface area contributed by atoms with Crippen molar-refractivity contribution >= 4 is 17.6 Å². The van der Waals surface area contributed by atoms with Crippen molar-refractivity contribution in [3.05, 3.63) is 29.3 Å². The molecule has 1 aliphatic carbocycles. The highest BCUT2D eigenvalue weighted by Crippen LogP contribution is 2.30. The molecule has 2 rings (SSSR count). The molecule has 1 saturated carbocycles. The average molecular weight is 390 g/mol. The zero-order valence-corrected chi connectivity index (χ0v) is 16.0. The number of hydrogen-bond donors (Lipinski definition) is 0. The maximum Gasteiger partial charge on any atom is 0.338 e. The predicted octanol–water partition coefficient (Wildman–Crippen LogP) is 4.49. The first-order valence-electron chi connectivity index (χ1n) is 9.04. The van der Waals surface area contributed by atoms with Crippen LogP contribution in [0.25, 0.3) is 0 Å². The number of likely N-dealkylation sites (N-methyl/N-ethyl adjacent to an activating group) is 1.